The first kappa shape index (κ1) is 19.5. The number of amides is 1. The molecule has 0 bridgehead atoms. The molecule has 0 saturated carbocycles. The Morgan fingerprint density at radius 3 is 2.68 bits per heavy atom. The van der Waals surface area contributed by atoms with Gasteiger partial charge in [0.05, 0.1) is 28.4 Å². The first-order valence-corrected chi connectivity index (χ1v) is 9.99. The Balaban J connectivity index is 1.90. The maximum atomic E-state index is 12.7. The standard InChI is InChI=1S/C19H19N3O5S/c1-4-26-16-8-6-14(9-12(16)11-20)28(24,25)22-13-5-7-15-17(10-13)27-19(2,3)18(23)21-15/h5-10,22H,4H2,1-3H3,(H,21,23). The predicted molar refractivity (Wildman–Crippen MR) is 103 cm³/mol. The van der Waals surface area contributed by atoms with Crippen molar-refractivity contribution in [3.63, 3.8) is 0 Å². The topological polar surface area (TPSA) is 118 Å². The van der Waals surface area contributed by atoms with Crippen molar-refractivity contribution in [1.29, 1.82) is 5.26 Å². The third-order valence-corrected chi connectivity index (χ3v) is 5.45. The van der Waals surface area contributed by atoms with Gasteiger partial charge in [0.25, 0.3) is 15.9 Å². The van der Waals surface area contributed by atoms with E-state index in [1.807, 2.05) is 6.07 Å². The minimum Gasteiger partial charge on any atom is -0.492 e. The normalized spacial score (nSPS) is 14.9. The van der Waals surface area contributed by atoms with Crippen molar-refractivity contribution in [2.24, 2.45) is 0 Å². The lowest BCUT2D eigenvalue weighted by Gasteiger charge is -2.31. The average molecular weight is 401 g/mol. The van der Waals surface area contributed by atoms with E-state index >= 15 is 0 Å². The van der Waals surface area contributed by atoms with E-state index in [4.69, 9.17) is 9.47 Å². The first-order valence-electron chi connectivity index (χ1n) is 8.50. The first-order chi connectivity index (χ1) is 13.2. The molecule has 1 heterocycles. The molecule has 28 heavy (non-hydrogen) atoms. The van der Waals surface area contributed by atoms with Crippen LogP contribution in [0.15, 0.2) is 41.3 Å². The fourth-order valence-corrected chi connectivity index (χ4v) is 3.70. The van der Waals surface area contributed by atoms with Crippen molar-refractivity contribution in [2.45, 2.75) is 31.3 Å². The van der Waals surface area contributed by atoms with Crippen molar-refractivity contribution in [3.05, 3.63) is 42.0 Å². The molecule has 0 radical (unpaired) electrons. The van der Waals surface area contributed by atoms with Crippen molar-refractivity contribution < 1.29 is 22.7 Å². The maximum Gasteiger partial charge on any atom is 0.268 e. The number of anilines is 2. The second-order valence-electron chi connectivity index (χ2n) is 6.59. The molecule has 8 nitrogen and oxygen atoms in total. The van der Waals surface area contributed by atoms with E-state index in [9.17, 15) is 18.5 Å². The van der Waals surface area contributed by atoms with Crippen molar-refractivity contribution in [3.8, 4) is 17.6 Å². The molecule has 0 spiro atoms. The van der Waals surface area contributed by atoms with E-state index < -0.39 is 15.6 Å². The lowest BCUT2D eigenvalue weighted by atomic mass is 10.1. The largest absolute Gasteiger partial charge is 0.492 e. The summed E-state index contributed by atoms with van der Waals surface area (Å²) >= 11 is 0. The molecule has 0 fully saturated rings. The summed E-state index contributed by atoms with van der Waals surface area (Å²) in [5, 5.41) is 11.9. The fraction of sp³-hybridized carbons (Fsp3) is 0.263. The number of sulfonamides is 1. The van der Waals surface area contributed by atoms with Crippen LogP contribution in [0.2, 0.25) is 0 Å². The highest BCUT2D eigenvalue weighted by molar-refractivity contribution is 7.92. The minimum absolute atomic E-state index is 0.0697. The SMILES string of the molecule is CCOc1ccc(S(=O)(=O)Nc2ccc3c(c2)OC(C)(C)C(=O)N3)cc1C#N. The van der Waals surface area contributed by atoms with Crippen LogP contribution in [-0.2, 0) is 14.8 Å². The van der Waals surface area contributed by atoms with Crippen LogP contribution in [0.25, 0.3) is 0 Å². The number of rotatable bonds is 5. The number of nitrogens with one attached hydrogen (secondary N) is 2. The van der Waals surface area contributed by atoms with Gasteiger partial charge in [-0.15, -0.1) is 0 Å². The van der Waals surface area contributed by atoms with Gasteiger partial charge in [0.1, 0.15) is 17.6 Å². The number of nitrogens with zero attached hydrogens (tertiary/aromatic N) is 1. The zero-order valence-electron chi connectivity index (χ0n) is 15.6. The van der Waals surface area contributed by atoms with Crippen molar-refractivity contribution >= 4 is 27.3 Å². The van der Waals surface area contributed by atoms with E-state index in [1.165, 1.54) is 30.3 Å². The third-order valence-electron chi connectivity index (χ3n) is 4.08. The smallest absolute Gasteiger partial charge is 0.268 e. The molecular weight excluding hydrogens is 382 g/mol. The highest BCUT2D eigenvalue weighted by Crippen LogP contribution is 2.36. The summed E-state index contributed by atoms with van der Waals surface area (Å²) in [6.45, 7) is 5.37. The van der Waals surface area contributed by atoms with Crippen LogP contribution in [0.5, 0.6) is 11.5 Å². The van der Waals surface area contributed by atoms with E-state index in [-0.39, 0.29) is 22.1 Å². The highest BCUT2D eigenvalue weighted by atomic mass is 32.2. The van der Waals surface area contributed by atoms with Gasteiger partial charge in [-0.1, -0.05) is 0 Å². The van der Waals surface area contributed by atoms with Crippen LogP contribution in [0.1, 0.15) is 26.3 Å². The van der Waals surface area contributed by atoms with Crippen LogP contribution in [-0.4, -0.2) is 26.5 Å². The minimum atomic E-state index is -3.94. The Morgan fingerprint density at radius 2 is 2.00 bits per heavy atom. The van der Waals surface area contributed by atoms with Gasteiger partial charge in [0.2, 0.25) is 0 Å². The van der Waals surface area contributed by atoms with Gasteiger partial charge in [-0.3, -0.25) is 9.52 Å². The van der Waals surface area contributed by atoms with Crippen molar-refractivity contribution in [1.82, 2.24) is 0 Å². The third kappa shape index (κ3) is 3.73. The van der Waals surface area contributed by atoms with E-state index in [0.717, 1.165) is 0 Å². The van der Waals surface area contributed by atoms with Crippen molar-refractivity contribution in [2.75, 3.05) is 16.6 Å². The number of carbonyl (C=O) groups is 1. The van der Waals surface area contributed by atoms with Gasteiger partial charge in [-0.05, 0) is 51.1 Å². The number of carbonyl (C=O) groups excluding carboxylic acids is 1. The average Bonchev–Trinajstić information content (AvgIpc) is 2.63. The van der Waals surface area contributed by atoms with Gasteiger partial charge in [-0.25, -0.2) is 8.42 Å². The number of hydrogen-bond donors (Lipinski definition) is 2. The molecule has 1 amide bonds. The second-order valence-corrected chi connectivity index (χ2v) is 8.27. The Kier molecular flexibility index (Phi) is 4.91. The molecule has 0 aliphatic carbocycles. The van der Waals surface area contributed by atoms with Gasteiger partial charge in [0, 0.05) is 6.07 Å². The molecule has 0 atom stereocenters. The van der Waals surface area contributed by atoms with E-state index in [1.54, 1.807) is 26.8 Å². The van der Waals surface area contributed by atoms with Crippen LogP contribution in [0, 0.1) is 11.3 Å². The fourth-order valence-electron chi connectivity index (χ4n) is 2.63. The van der Waals surface area contributed by atoms with Gasteiger partial charge >= 0.3 is 0 Å². The summed E-state index contributed by atoms with van der Waals surface area (Å²) in [5.41, 5.74) is -0.220. The number of nitriles is 1. The van der Waals surface area contributed by atoms with E-state index in [0.29, 0.717) is 23.8 Å². The monoisotopic (exact) mass is 401 g/mol. The molecule has 1 aliphatic rings. The number of benzene rings is 2. The molecule has 3 rings (SSSR count). The van der Waals surface area contributed by atoms with Gasteiger partial charge in [-0.2, -0.15) is 5.26 Å². The van der Waals surface area contributed by atoms with E-state index in [2.05, 4.69) is 10.0 Å². The number of ether oxygens (including phenoxy) is 2. The lowest BCUT2D eigenvalue weighted by molar-refractivity contribution is -0.129. The van der Waals surface area contributed by atoms with Gasteiger partial charge < -0.3 is 14.8 Å². The maximum absolute atomic E-state index is 12.7. The molecular formula is C19H19N3O5S. The molecule has 2 N–H and O–H groups in total. The molecule has 0 saturated heterocycles. The van der Waals surface area contributed by atoms with Crippen LogP contribution in [0.4, 0.5) is 11.4 Å². The molecule has 0 aromatic heterocycles. The summed E-state index contributed by atoms with van der Waals surface area (Å²) in [6, 6.07) is 10.6. The Morgan fingerprint density at radius 1 is 1.25 bits per heavy atom. The van der Waals surface area contributed by atoms with Crippen LogP contribution in [0.3, 0.4) is 0 Å². The summed E-state index contributed by atoms with van der Waals surface area (Å²) in [4.78, 5) is 11.9. The molecule has 2 aromatic carbocycles. The summed E-state index contributed by atoms with van der Waals surface area (Å²) in [6.07, 6.45) is 0. The quantitative estimate of drug-likeness (QED) is 0.795. The Hall–Kier alpha value is -3.25. The molecule has 2 aromatic rings. The number of hydrogen-bond acceptors (Lipinski definition) is 6. The van der Waals surface area contributed by atoms with Crippen LogP contribution >= 0.6 is 0 Å². The number of fused-ring (bicyclic) bond motifs is 1. The zero-order valence-corrected chi connectivity index (χ0v) is 16.4. The van der Waals surface area contributed by atoms with Gasteiger partial charge in [0.15, 0.2) is 5.60 Å². The predicted octanol–water partition coefficient (Wildman–Crippen LogP) is 2.87. The van der Waals surface area contributed by atoms with Crippen LogP contribution < -0.4 is 19.5 Å². The summed E-state index contributed by atoms with van der Waals surface area (Å²) < 4.78 is 38.9. The Labute approximate surface area is 163 Å². The lowest BCUT2D eigenvalue weighted by Crippen LogP contribution is -2.45. The zero-order chi connectivity index (χ0) is 20.5. The Bertz CT molecular complexity index is 1090. The highest BCUT2D eigenvalue weighted by Gasteiger charge is 2.35. The molecule has 146 valence electrons. The molecule has 0 unspecified atom stereocenters. The molecule has 9 heteroatoms. The second kappa shape index (κ2) is 7.05. The summed E-state index contributed by atoms with van der Waals surface area (Å²) in [7, 11) is -3.94. The molecule has 1 aliphatic heterocycles. The summed E-state index contributed by atoms with van der Waals surface area (Å²) in [5.74, 6) is 0.394.